The van der Waals surface area contributed by atoms with Crippen LogP contribution in [0.3, 0.4) is 0 Å². The molecule has 1 N–H and O–H groups in total. The van der Waals surface area contributed by atoms with E-state index in [-0.39, 0.29) is 0 Å². The van der Waals surface area contributed by atoms with Crippen molar-refractivity contribution in [3.63, 3.8) is 0 Å². The first kappa shape index (κ1) is 11.6. The van der Waals surface area contributed by atoms with Crippen molar-refractivity contribution in [1.29, 1.82) is 0 Å². The van der Waals surface area contributed by atoms with Gasteiger partial charge in [0.25, 0.3) is 0 Å². The highest BCUT2D eigenvalue weighted by atomic mass is 16.5. The number of ether oxygens (including phenoxy) is 2. The molecule has 17 heavy (non-hydrogen) atoms. The number of hydrogen-bond donors (Lipinski definition) is 1. The number of aryl methyl sites for hydroxylation is 2. The van der Waals surface area contributed by atoms with E-state index in [0.29, 0.717) is 0 Å². The number of H-pyrrole nitrogens is 1. The van der Waals surface area contributed by atoms with Gasteiger partial charge in [0, 0.05) is 28.6 Å². The zero-order valence-corrected chi connectivity index (χ0v) is 10.6. The third kappa shape index (κ3) is 2.13. The topological polar surface area (TPSA) is 34.2 Å². The van der Waals surface area contributed by atoms with Gasteiger partial charge in [-0.25, -0.2) is 0 Å². The summed E-state index contributed by atoms with van der Waals surface area (Å²) < 4.78 is 10.6. The molecule has 0 saturated carbocycles. The van der Waals surface area contributed by atoms with E-state index in [2.05, 4.69) is 18.0 Å². The Bertz CT molecular complexity index is 529. The quantitative estimate of drug-likeness (QED) is 0.879. The van der Waals surface area contributed by atoms with E-state index in [4.69, 9.17) is 9.47 Å². The van der Waals surface area contributed by atoms with E-state index in [1.54, 1.807) is 14.2 Å². The fourth-order valence-corrected chi connectivity index (χ4v) is 2.02. The first-order chi connectivity index (χ1) is 8.15. The molecule has 2 rings (SSSR count). The van der Waals surface area contributed by atoms with Crippen LogP contribution >= 0.6 is 0 Å². The standard InChI is InChI=1S/C14H17NO2/c1-9-7-13(10(2)15-9)12-6-5-11(16-3)8-14(12)17-4/h5-8,15H,1-4H3. The van der Waals surface area contributed by atoms with E-state index >= 15 is 0 Å². The Kier molecular flexibility index (Phi) is 3.09. The largest absolute Gasteiger partial charge is 0.497 e. The van der Waals surface area contributed by atoms with E-state index < -0.39 is 0 Å². The second kappa shape index (κ2) is 4.53. The molecule has 3 nitrogen and oxygen atoms in total. The van der Waals surface area contributed by atoms with Crippen molar-refractivity contribution in [1.82, 2.24) is 4.98 Å². The van der Waals surface area contributed by atoms with E-state index in [1.165, 1.54) is 5.56 Å². The lowest BCUT2D eigenvalue weighted by molar-refractivity contribution is 0.395. The SMILES string of the molecule is COc1ccc(-c2cc(C)[nH]c2C)c(OC)c1. The summed E-state index contributed by atoms with van der Waals surface area (Å²) in [5.41, 5.74) is 4.54. The van der Waals surface area contributed by atoms with Crippen molar-refractivity contribution in [2.75, 3.05) is 14.2 Å². The predicted octanol–water partition coefficient (Wildman–Crippen LogP) is 3.32. The second-order valence-electron chi connectivity index (χ2n) is 4.06. The van der Waals surface area contributed by atoms with E-state index in [9.17, 15) is 0 Å². The molecule has 1 aromatic carbocycles. The average molecular weight is 231 g/mol. The Labute approximate surface area is 101 Å². The summed E-state index contributed by atoms with van der Waals surface area (Å²) >= 11 is 0. The molecule has 0 aliphatic rings. The van der Waals surface area contributed by atoms with Crippen LogP contribution in [0.5, 0.6) is 11.5 Å². The second-order valence-corrected chi connectivity index (χ2v) is 4.06. The van der Waals surface area contributed by atoms with E-state index in [1.807, 2.05) is 25.1 Å². The lowest BCUT2D eigenvalue weighted by atomic mass is 10.0. The Morgan fingerprint density at radius 2 is 1.71 bits per heavy atom. The molecule has 0 aliphatic heterocycles. The lowest BCUT2D eigenvalue weighted by Gasteiger charge is -2.10. The highest BCUT2D eigenvalue weighted by Crippen LogP contribution is 2.35. The zero-order chi connectivity index (χ0) is 12.4. The maximum Gasteiger partial charge on any atom is 0.130 e. The summed E-state index contributed by atoms with van der Waals surface area (Å²) in [5, 5.41) is 0. The minimum atomic E-state index is 0.801. The molecule has 3 heteroatoms. The summed E-state index contributed by atoms with van der Waals surface area (Å²) in [5.74, 6) is 1.63. The van der Waals surface area contributed by atoms with Crippen LogP contribution in [0.25, 0.3) is 11.1 Å². The lowest BCUT2D eigenvalue weighted by Crippen LogP contribution is -1.90. The summed E-state index contributed by atoms with van der Waals surface area (Å²) in [7, 11) is 3.33. The van der Waals surface area contributed by atoms with Crippen LogP contribution in [0.4, 0.5) is 0 Å². The number of methoxy groups -OCH3 is 2. The van der Waals surface area contributed by atoms with E-state index in [0.717, 1.165) is 28.5 Å². The summed E-state index contributed by atoms with van der Waals surface area (Å²) in [6, 6.07) is 7.99. The maximum absolute atomic E-state index is 5.41. The fraction of sp³-hybridized carbons (Fsp3) is 0.286. The molecule has 2 aromatic rings. The van der Waals surface area contributed by atoms with Crippen molar-refractivity contribution < 1.29 is 9.47 Å². The van der Waals surface area contributed by atoms with Gasteiger partial charge in [-0.2, -0.15) is 0 Å². The average Bonchev–Trinajstić information content (AvgIpc) is 2.67. The number of rotatable bonds is 3. The molecule has 0 amide bonds. The van der Waals surface area contributed by atoms with Crippen molar-refractivity contribution in [3.8, 4) is 22.6 Å². The molecule has 0 atom stereocenters. The van der Waals surface area contributed by atoms with Gasteiger partial charge in [-0.15, -0.1) is 0 Å². The number of aromatic nitrogens is 1. The third-order valence-electron chi connectivity index (χ3n) is 2.85. The first-order valence-corrected chi connectivity index (χ1v) is 5.54. The van der Waals surface area contributed by atoms with Crippen LogP contribution < -0.4 is 9.47 Å². The molecule has 0 unspecified atom stereocenters. The monoisotopic (exact) mass is 231 g/mol. The molecule has 0 radical (unpaired) electrons. The van der Waals surface area contributed by atoms with Gasteiger partial charge in [0.2, 0.25) is 0 Å². The number of aromatic amines is 1. The number of hydrogen-bond acceptors (Lipinski definition) is 2. The Morgan fingerprint density at radius 3 is 2.24 bits per heavy atom. The van der Waals surface area contributed by atoms with Gasteiger partial charge < -0.3 is 14.5 Å². The van der Waals surface area contributed by atoms with Crippen LogP contribution in [0.2, 0.25) is 0 Å². The Balaban J connectivity index is 2.55. The molecular weight excluding hydrogens is 214 g/mol. The van der Waals surface area contributed by atoms with Crippen molar-refractivity contribution in [2.45, 2.75) is 13.8 Å². The summed E-state index contributed by atoms with van der Waals surface area (Å²) in [6.07, 6.45) is 0. The van der Waals surface area contributed by atoms with Gasteiger partial charge in [0.05, 0.1) is 14.2 Å². The van der Waals surface area contributed by atoms with Gasteiger partial charge in [-0.3, -0.25) is 0 Å². The molecule has 1 aromatic heterocycles. The van der Waals surface area contributed by atoms with Gasteiger partial charge in [0.15, 0.2) is 0 Å². The van der Waals surface area contributed by atoms with Gasteiger partial charge in [-0.1, -0.05) is 0 Å². The highest BCUT2D eigenvalue weighted by molar-refractivity contribution is 5.74. The molecular formula is C14H17NO2. The normalized spacial score (nSPS) is 10.4. The summed E-state index contributed by atoms with van der Waals surface area (Å²) in [6.45, 7) is 4.11. The van der Waals surface area contributed by atoms with Crippen LogP contribution in [-0.4, -0.2) is 19.2 Å². The maximum atomic E-state index is 5.41. The minimum Gasteiger partial charge on any atom is -0.497 e. The Morgan fingerprint density at radius 1 is 0.941 bits per heavy atom. The summed E-state index contributed by atoms with van der Waals surface area (Å²) in [4.78, 5) is 3.30. The fourth-order valence-electron chi connectivity index (χ4n) is 2.02. The number of nitrogens with one attached hydrogen (secondary N) is 1. The van der Waals surface area contributed by atoms with Crippen LogP contribution in [0, 0.1) is 13.8 Å². The van der Waals surface area contributed by atoms with Crippen molar-refractivity contribution in [2.24, 2.45) is 0 Å². The molecule has 1 heterocycles. The minimum absolute atomic E-state index is 0.801. The van der Waals surface area contributed by atoms with Gasteiger partial charge >= 0.3 is 0 Å². The van der Waals surface area contributed by atoms with Crippen LogP contribution in [-0.2, 0) is 0 Å². The van der Waals surface area contributed by atoms with Crippen LogP contribution in [0.15, 0.2) is 24.3 Å². The molecule has 0 fully saturated rings. The predicted molar refractivity (Wildman–Crippen MR) is 68.8 cm³/mol. The smallest absolute Gasteiger partial charge is 0.130 e. The first-order valence-electron chi connectivity index (χ1n) is 5.54. The van der Waals surface area contributed by atoms with Crippen molar-refractivity contribution >= 4 is 0 Å². The third-order valence-corrected chi connectivity index (χ3v) is 2.85. The molecule has 0 spiro atoms. The van der Waals surface area contributed by atoms with Crippen molar-refractivity contribution in [3.05, 3.63) is 35.7 Å². The zero-order valence-electron chi connectivity index (χ0n) is 10.6. The molecule has 90 valence electrons. The van der Waals surface area contributed by atoms with Gasteiger partial charge in [0.1, 0.15) is 11.5 Å². The number of benzene rings is 1. The Hall–Kier alpha value is -1.90. The molecule has 0 bridgehead atoms. The highest BCUT2D eigenvalue weighted by Gasteiger charge is 2.11. The molecule has 0 saturated heterocycles. The van der Waals surface area contributed by atoms with Crippen LogP contribution in [0.1, 0.15) is 11.4 Å². The molecule has 0 aliphatic carbocycles. The van der Waals surface area contributed by atoms with Gasteiger partial charge in [-0.05, 0) is 32.0 Å².